The normalized spacial score (nSPS) is 15.1. The molecule has 1 aromatic rings. The van der Waals surface area contributed by atoms with Gasteiger partial charge >= 0.3 is 0 Å². The third-order valence-corrected chi connectivity index (χ3v) is 1.28. The van der Waals surface area contributed by atoms with Crippen LogP contribution in [-0.4, -0.2) is 0 Å². The summed E-state index contributed by atoms with van der Waals surface area (Å²) < 4.78 is 5.07. The lowest BCUT2D eigenvalue weighted by Gasteiger charge is -2.05. The van der Waals surface area contributed by atoms with E-state index in [4.69, 9.17) is 9.30 Å². The van der Waals surface area contributed by atoms with Gasteiger partial charge in [-0.1, -0.05) is 0 Å². The van der Waals surface area contributed by atoms with Crippen LogP contribution in [0.3, 0.4) is 0 Å². The number of hydrogen-bond acceptors (Lipinski definition) is 3. The fourth-order valence-electron chi connectivity index (χ4n) is 0.808. The molecule has 0 N–H and O–H groups in total. The molecule has 0 aliphatic carbocycles. The minimum absolute atomic E-state index is 0.581. The molecule has 2 heterocycles. The Labute approximate surface area is 63.5 Å². The van der Waals surface area contributed by atoms with Crippen LogP contribution in [0, 0.1) is 0 Å². The first kappa shape index (κ1) is 6.09. The quantitative estimate of drug-likeness (QED) is 0.574. The van der Waals surface area contributed by atoms with E-state index < -0.39 is 0 Å². The summed E-state index contributed by atoms with van der Waals surface area (Å²) in [6.45, 7) is 0. The van der Waals surface area contributed by atoms with E-state index in [2.05, 4.69) is 4.89 Å². The molecule has 0 saturated carbocycles. The molecule has 11 heavy (non-hydrogen) atoms. The zero-order valence-electron chi connectivity index (χ0n) is 5.69. The molecule has 0 atom stereocenters. The van der Waals surface area contributed by atoms with Gasteiger partial charge in [0.05, 0.1) is 6.26 Å². The third kappa shape index (κ3) is 1.12. The maximum Gasteiger partial charge on any atom is 0.221 e. The van der Waals surface area contributed by atoms with Crippen LogP contribution in [0.1, 0.15) is 5.76 Å². The van der Waals surface area contributed by atoms with Crippen LogP contribution in [-0.2, 0) is 9.78 Å². The smallest absolute Gasteiger partial charge is 0.221 e. The van der Waals surface area contributed by atoms with Gasteiger partial charge in [-0.2, -0.15) is 0 Å². The second-order valence-electron chi connectivity index (χ2n) is 2.02. The lowest BCUT2D eigenvalue weighted by molar-refractivity contribution is -0.183. The van der Waals surface area contributed by atoms with Gasteiger partial charge in [0.15, 0.2) is 5.76 Å². The van der Waals surface area contributed by atoms with Gasteiger partial charge in [0.25, 0.3) is 0 Å². The highest BCUT2D eigenvalue weighted by atomic mass is 17.2. The molecule has 3 nitrogen and oxygen atoms in total. The standard InChI is InChI=1S/C8H6O3/c1-3-7(9-5-1)8-4-2-6-10-11-8/h1-6H. The Morgan fingerprint density at radius 2 is 2.27 bits per heavy atom. The van der Waals surface area contributed by atoms with E-state index in [1.807, 2.05) is 0 Å². The molecule has 1 aromatic heterocycles. The number of allylic oxidation sites excluding steroid dienone is 2. The van der Waals surface area contributed by atoms with Crippen molar-refractivity contribution in [3.05, 3.63) is 42.6 Å². The maximum atomic E-state index is 5.07. The SMILES string of the molecule is C1=COOC(c2ccco2)=C1. The van der Waals surface area contributed by atoms with Crippen LogP contribution >= 0.6 is 0 Å². The molecule has 56 valence electrons. The fourth-order valence-corrected chi connectivity index (χ4v) is 0.808. The van der Waals surface area contributed by atoms with Crippen molar-refractivity contribution in [2.75, 3.05) is 0 Å². The van der Waals surface area contributed by atoms with Gasteiger partial charge in [-0.15, -0.1) is 0 Å². The maximum absolute atomic E-state index is 5.07. The van der Waals surface area contributed by atoms with E-state index in [0.29, 0.717) is 11.5 Å². The minimum atomic E-state index is 0.581. The molecule has 3 heteroatoms. The fraction of sp³-hybridized carbons (Fsp3) is 0. The van der Waals surface area contributed by atoms with Gasteiger partial charge in [0, 0.05) is 0 Å². The highest BCUT2D eigenvalue weighted by molar-refractivity contribution is 5.56. The summed E-state index contributed by atoms with van der Waals surface area (Å²) in [4.78, 5) is 9.40. The Morgan fingerprint density at radius 3 is 2.91 bits per heavy atom. The van der Waals surface area contributed by atoms with Crippen LogP contribution < -0.4 is 0 Å². The van der Waals surface area contributed by atoms with E-state index in [0.717, 1.165) is 0 Å². The van der Waals surface area contributed by atoms with Crippen molar-refractivity contribution in [1.82, 2.24) is 0 Å². The molecule has 1 aliphatic rings. The van der Waals surface area contributed by atoms with Crippen molar-refractivity contribution in [3.8, 4) is 0 Å². The number of rotatable bonds is 1. The van der Waals surface area contributed by atoms with Crippen LogP contribution in [0.2, 0.25) is 0 Å². The number of furan rings is 1. The van der Waals surface area contributed by atoms with E-state index in [1.165, 1.54) is 6.26 Å². The zero-order chi connectivity index (χ0) is 7.52. The van der Waals surface area contributed by atoms with Gasteiger partial charge in [-0.3, -0.25) is 9.78 Å². The summed E-state index contributed by atoms with van der Waals surface area (Å²) >= 11 is 0. The van der Waals surface area contributed by atoms with Gasteiger partial charge in [0.1, 0.15) is 6.26 Å². The monoisotopic (exact) mass is 150 g/mol. The molecule has 0 aromatic carbocycles. The lowest BCUT2D eigenvalue weighted by Crippen LogP contribution is -1.91. The molecule has 0 fully saturated rings. The van der Waals surface area contributed by atoms with Gasteiger partial charge in [-0.05, 0) is 24.3 Å². The van der Waals surface area contributed by atoms with Gasteiger partial charge in [-0.25, -0.2) is 0 Å². The molecular weight excluding hydrogens is 144 g/mol. The summed E-state index contributed by atoms with van der Waals surface area (Å²) in [7, 11) is 0. The molecule has 0 radical (unpaired) electrons. The predicted octanol–water partition coefficient (Wildman–Crippen LogP) is 2.10. The minimum Gasteiger partial charge on any atom is -0.461 e. The first-order valence-electron chi connectivity index (χ1n) is 3.21. The average molecular weight is 150 g/mol. The summed E-state index contributed by atoms with van der Waals surface area (Å²) in [6.07, 6.45) is 6.54. The molecule has 0 spiro atoms. The molecule has 0 amide bonds. The predicted molar refractivity (Wildman–Crippen MR) is 38.0 cm³/mol. The van der Waals surface area contributed by atoms with E-state index >= 15 is 0 Å². The Hall–Kier alpha value is -1.64. The first-order chi connectivity index (χ1) is 5.47. The van der Waals surface area contributed by atoms with Crippen molar-refractivity contribution in [2.24, 2.45) is 0 Å². The largest absolute Gasteiger partial charge is 0.461 e. The second kappa shape index (κ2) is 2.54. The van der Waals surface area contributed by atoms with Crippen LogP contribution in [0.5, 0.6) is 0 Å². The van der Waals surface area contributed by atoms with Crippen molar-refractivity contribution < 1.29 is 14.2 Å². The molecule has 1 aliphatic heterocycles. The van der Waals surface area contributed by atoms with Crippen molar-refractivity contribution in [2.45, 2.75) is 0 Å². The second-order valence-corrected chi connectivity index (χ2v) is 2.02. The van der Waals surface area contributed by atoms with Crippen molar-refractivity contribution >= 4 is 5.76 Å². The topological polar surface area (TPSA) is 31.6 Å². The summed E-state index contributed by atoms with van der Waals surface area (Å²) in [5, 5.41) is 0. The highest BCUT2D eigenvalue weighted by Gasteiger charge is 2.07. The van der Waals surface area contributed by atoms with Gasteiger partial charge in [0.2, 0.25) is 5.76 Å². The molecular formula is C8H6O3. The Kier molecular flexibility index (Phi) is 1.41. The van der Waals surface area contributed by atoms with Crippen molar-refractivity contribution in [3.63, 3.8) is 0 Å². The highest BCUT2D eigenvalue weighted by Crippen LogP contribution is 2.18. The molecule has 2 rings (SSSR count). The van der Waals surface area contributed by atoms with Crippen LogP contribution in [0.25, 0.3) is 5.76 Å². The molecule has 0 bridgehead atoms. The van der Waals surface area contributed by atoms with E-state index in [9.17, 15) is 0 Å². The van der Waals surface area contributed by atoms with Gasteiger partial charge < -0.3 is 4.42 Å². The zero-order valence-corrected chi connectivity index (χ0v) is 5.69. The van der Waals surface area contributed by atoms with E-state index in [1.54, 1.807) is 30.5 Å². The van der Waals surface area contributed by atoms with Crippen molar-refractivity contribution in [1.29, 1.82) is 0 Å². The summed E-state index contributed by atoms with van der Waals surface area (Å²) in [5.41, 5.74) is 0. The van der Waals surface area contributed by atoms with Crippen LogP contribution in [0.4, 0.5) is 0 Å². The summed E-state index contributed by atoms with van der Waals surface area (Å²) in [6, 6.07) is 3.59. The first-order valence-corrected chi connectivity index (χ1v) is 3.21. The molecule has 0 saturated heterocycles. The Balaban J connectivity index is 2.29. The molecule has 0 unspecified atom stereocenters. The van der Waals surface area contributed by atoms with Crippen LogP contribution in [0.15, 0.2) is 41.2 Å². The lowest BCUT2D eigenvalue weighted by atomic mass is 10.3. The number of hydrogen-bond donors (Lipinski definition) is 0. The van der Waals surface area contributed by atoms with E-state index in [-0.39, 0.29) is 0 Å². The summed E-state index contributed by atoms with van der Waals surface area (Å²) in [5.74, 6) is 1.24. The average Bonchev–Trinajstić information content (AvgIpc) is 2.58. The third-order valence-electron chi connectivity index (χ3n) is 1.28. The Bertz CT molecular complexity index is 282. The Morgan fingerprint density at radius 1 is 1.27 bits per heavy atom.